The molecule has 1 aromatic rings. The van der Waals surface area contributed by atoms with Gasteiger partial charge in [0, 0.05) is 19.0 Å². The van der Waals surface area contributed by atoms with Crippen LogP contribution in [-0.2, 0) is 16.0 Å². The number of likely N-dealkylation sites (tertiary alicyclic amines) is 1. The lowest BCUT2D eigenvalue weighted by Gasteiger charge is -2.37. The molecule has 5 nitrogen and oxygen atoms in total. The third kappa shape index (κ3) is 4.53. The van der Waals surface area contributed by atoms with E-state index in [9.17, 15) is 4.79 Å². The van der Waals surface area contributed by atoms with Gasteiger partial charge in [-0.1, -0.05) is 18.9 Å². The number of hydrogen-bond donors (Lipinski definition) is 0. The molecule has 0 radical (unpaired) electrons. The molecule has 0 bridgehead atoms. The maximum atomic E-state index is 11.6. The summed E-state index contributed by atoms with van der Waals surface area (Å²) in [5, 5.41) is 0. The molecule has 5 heteroatoms. The Bertz CT molecular complexity index is 589. The number of carbonyl (C=O) groups excluding carboxylic acids is 1. The van der Waals surface area contributed by atoms with Gasteiger partial charge in [-0.25, -0.2) is 0 Å². The van der Waals surface area contributed by atoms with Gasteiger partial charge in [0.2, 0.25) is 0 Å². The molecule has 2 fully saturated rings. The van der Waals surface area contributed by atoms with E-state index in [1.807, 2.05) is 12.1 Å². The van der Waals surface area contributed by atoms with Crippen molar-refractivity contribution in [1.29, 1.82) is 0 Å². The van der Waals surface area contributed by atoms with Crippen LogP contribution >= 0.6 is 0 Å². The van der Waals surface area contributed by atoms with Crippen molar-refractivity contribution in [1.82, 2.24) is 4.90 Å². The summed E-state index contributed by atoms with van der Waals surface area (Å²) >= 11 is 0. The van der Waals surface area contributed by atoms with Gasteiger partial charge >= 0.3 is 0 Å². The first-order chi connectivity index (χ1) is 12.2. The van der Waals surface area contributed by atoms with Crippen LogP contribution in [0.1, 0.15) is 37.7 Å². The first kappa shape index (κ1) is 18.2. The van der Waals surface area contributed by atoms with Gasteiger partial charge in [-0.3, -0.25) is 9.69 Å². The molecule has 0 N–H and O–H groups in total. The molecule has 1 aliphatic heterocycles. The highest BCUT2D eigenvalue weighted by atomic mass is 16.5. The summed E-state index contributed by atoms with van der Waals surface area (Å²) < 4.78 is 16.9. The summed E-state index contributed by atoms with van der Waals surface area (Å²) in [6, 6.07) is 6.42. The van der Waals surface area contributed by atoms with Crippen LogP contribution in [-0.4, -0.2) is 56.7 Å². The Balaban J connectivity index is 1.54. The van der Waals surface area contributed by atoms with Crippen molar-refractivity contribution in [3.63, 3.8) is 0 Å². The zero-order valence-electron chi connectivity index (χ0n) is 15.3. The third-order valence-electron chi connectivity index (χ3n) is 5.36. The van der Waals surface area contributed by atoms with Gasteiger partial charge in [0.1, 0.15) is 5.78 Å². The van der Waals surface area contributed by atoms with Crippen LogP contribution in [0.25, 0.3) is 0 Å². The quantitative estimate of drug-likeness (QED) is 0.759. The number of ketones is 1. The summed E-state index contributed by atoms with van der Waals surface area (Å²) in [5.41, 5.74) is 1.18. The maximum Gasteiger partial charge on any atom is 0.160 e. The molecule has 1 aliphatic carbocycles. The summed E-state index contributed by atoms with van der Waals surface area (Å²) in [5.74, 6) is 1.87. The smallest absolute Gasteiger partial charge is 0.160 e. The number of benzene rings is 1. The molecule has 138 valence electrons. The second kappa shape index (κ2) is 8.68. The zero-order chi connectivity index (χ0) is 17.6. The molecular formula is C20H29NO4. The standard InChI is InChI=1S/C20H29NO4/c1-23-19-8-7-15(13-20(19)24-2)10-12-25-18-6-4-3-5-17(18)21-11-9-16(22)14-21/h7-8,13,17-18H,3-6,9-12,14H2,1-2H3/t17?,18-/m0/s1. The fourth-order valence-corrected chi connectivity index (χ4v) is 3.99. The maximum absolute atomic E-state index is 11.6. The Morgan fingerprint density at radius 3 is 2.64 bits per heavy atom. The van der Waals surface area contributed by atoms with Crippen molar-refractivity contribution in [2.45, 2.75) is 50.7 Å². The van der Waals surface area contributed by atoms with Crippen molar-refractivity contribution in [3.8, 4) is 11.5 Å². The zero-order valence-corrected chi connectivity index (χ0v) is 15.3. The Labute approximate surface area is 150 Å². The molecule has 25 heavy (non-hydrogen) atoms. The average molecular weight is 347 g/mol. The minimum absolute atomic E-state index is 0.250. The Hall–Kier alpha value is -1.59. The van der Waals surface area contributed by atoms with Crippen molar-refractivity contribution in [2.75, 3.05) is 33.9 Å². The minimum atomic E-state index is 0.250. The molecular weight excluding hydrogens is 318 g/mol. The largest absolute Gasteiger partial charge is 0.493 e. The third-order valence-corrected chi connectivity index (χ3v) is 5.36. The highest BCUT2D eigenvalue weighted by Gasteiger charge is 2.34. The average Bonchev–Trinajstić information content (AvgIpc) is 3.08. The molecule has 1 saturated heterocycles. The molecule has 2 aliphatic rings. The topological polar surface area (TPSA) is 48.0 Å². The summed E-state index contributed by atoms with van der Waals surface area (Å²) in [7, 11) is 3.30. The Morgan fingerprint density at radius 1 is 1.12 bits per heavy atom. The first-order valence-corrected chi connectivity index (χ1v) is 9.29. The first-order valence-electron chi connectivity index (χ1n) is 9.29. The van der Waals surface area contributed by atoms with E-state index >= 15 is 0 Å². The van der Waals surface area contributed by atoms with Gasteiger partial charge in [0.25, 0.3) is 0 Å². The second-order valence-corrected chi connectivity index (χ2v) is 6.96. The molecule has 1 saturated carbocycles. The van der Waals surface area contributed by atoms with Crippen molar-refractivity contribution in [2.24, 2.45) is 0 Å². The van der Waals surface area contributed by atoms with Gasteiger partial charge in [-0.05, 0) is 37.0 Å². The van der Waals surface area contributed by atoms with E-state index in [1.165, 1.54) is 18.4 Å². The molecule has 3 rings (SSSR count). The fourth-order valence-electron chi connectivity index (χ4n) is 3.99. The number of Topliss-reactive ketones (excluding diaryl/α,β-unsaturated/α-hetero) is 1. The minimum Gasteiger partial charge on any atom is -0.493 e. The van der Waals surface area contributed by atoms with Gasteiger partial charge < -0.3 is 14.2 Å². The lowest BCUT2D eigenvalue weighted by Crippen LogP contribution is -2.45. The number of rotatable bonds is 7. The number of carbonyl (C=O) groups is 1. The number of nitrogens with zero attached hydrogens (tertiary/aromatic N) is 1. The molecule has 0 spiro atoms. The van der Waals surface area contributed by atoms with Crippen molar-refractivity contribution >= 4 is 5.78 Å². The predicted octanol–water partition coefficient (Wildman–Crippen LogP) is 2.85. The molecule has 0 aromatic heterocycles. The van der Waals surface area contributed by atoms with Crippen LogP contribution in [0.2, 0.25) is 0 Å². The van der Waals surface area contributed by atoms with Crippen LogP contribution in [0.15, 0.2) is 18.2 Å². The van der Waals surface area contributed by atoms with E-state index in [2.05, 4.69) is 11.0 Å². The highest BCUT2D eigenvalue weighted by molar-refractivity contribution is 5.82. The lowest BCUT2D eigenvalue weighted by molar-refractivity contribution is -0.117. The molecule has 1 unspecified atom stereocenters. The van der Waals surface area contributed by atoms with Crippen molar-refractivity contribution in [3.05, 3.63) is 23.8 Å². The van der Waals surface area contributed by atoms with Crippen LogP contribution in [0.3, 0.4) is 0 Å². The summed E-state index contributed by atoms with van der Waals surface area (Å²) in [4.78, 5) is 13.9. The van der Waals surface area contributed by atoms with Crippen molar-refractivity contribution < 1.29 is 19.0 Å². The number of methoxy groups -OCH3 is 2. The molecule has 1 aromatic carbocycles. The van der Waals surface area contributed by atoms with Crippen LogP contribution in [0.4, 0.5) is 0 Å². The van der Waals surface area contributed by atoms with E-state index in [0.29, 0.717) is 31.4 Å². The normalized spacial score (nSPS) is 24.5. The lowest BCUT2D eigenvalue weighted by atomic mass is 9.91. The summed E-state index contributed by atoms with van der Waals surface area (Å²) in [6.45, 7) is 2.21. The van der Waals surface area contributed by atoms with Crippen LogP contribution in [0, 0.1) is 0 Å². The van der Waals surface area contributed by atoms with E-state index in [1.54, 1.807) is 14.2 Å². The van der Waals surface area contributed by atoms with Crippen LogP contribution in [0.5, 0.6) is 11.5 Å². The van der Waals surface area contributed by atoms with Gasteiger partial charge in [-0.15, -0.1) is 0 Å². The van der Waals surface area contributed by atoms with E-state index in [4.69, 9.17) is 14.2 Å². The number of ether oxygens (including phenoxy) is 3. The molecule has 1 heterocycles. The number of hydrogen-bond acceptors (Lipinski definition) is 5. The van der Waals surface area contributed by atoms with E-state index in [0.717, 1.165) is 37.3 Å². The fraction of sp³-hybridized carbons (Fsp3) is 0.650. The molecule has 2 atom stereocenters. The highest BCUT2D eigenvalue weighted by Crippen LogP contribution is 2.29. The SMILES string of the molecule is COc1ccc(CCO[C@H]2CCCCC2N2CCC(=O)C2)cc1OC. The van der Waals surface area contributed by atoms with Gasteiger partial charge in [0.15, 0.2) is 11.5 Å². The Kier molecular flexibility index (Phi) is 6.32. The monoisotopic (exact) mass is 347 g/mol. The Morgan fingerprint density at radius 2 is 1.92 bits per heavy atom. The van der Waals surface area contributed by atoms with Gasteiger partial charge in [0.05, 0.1) is 33.5 Å². The van der Waals surface area contributed by atoms with Gasteiger partial charge in [-0.2, -0.15) is 0 Å². The van der Waals surface area contributed by atoms with Crippen LogP contribution < -0.4 is 9.47 Å². The van der Waals surface area contributed by atoms with E-state index < -0.39 is 0 Å². The molecule has 0 amide bonds. The second-order valence-electron chi connectivity index (χ2n) is 6.96. The van der Waals surface area contributed by atoms with E-state index in [-0.39, 0.29) is 6.10 Å². The summed E-state index contributed by atoms with van der Waals surface area (Å²) in [6.07, 6.45) is 6.51. The predicted molar refractivity (Wildman–Crippen MR) is 96.4 cm³/mol.